The number of aromatic nitrogens is 1. The lowest BCUT2D eigenvalue weighted by Gasteiger charge is -2.03. The molecular weight excluding hydrogens is 212 g/mol. The highest BCUT2D eigenvalue weighted by molar-refractivity contribution is 5.83. The molecule has 2 aromatic rings. The Morgan fingerprint density at radius 2 is 2.12 bits per heavy atom. The van der Waals surface area contributed by atoms with Crippen LogP contribution in [0.3, 0.4) is 0 Å². The van der Waals surface area contributed by atoms with E-state index >= 15 is 0 Å². The van der Waals surface area contributed by atoms with Crippen LogP contribution >= 0.6 is 0 Å². The molecule has 6 heteroatoms. The number of hydrogen-bond donors (Lipinski definition) is 1. The largest absolute Gasteiger partial charge is 0.490 e. The third-order valence-corrected chi connectivity index (χ3v) is 2.22. The van der Waals surface area contributed by atoms with Gasteiger partial charge in [-0.25, -0.2) is 0 Å². The van der Waals surface area contributed by atoms with Crippen LogP contribution in [0.1, 0.15) is 0 Å². The maximum absolute atomic E-state index is 11.1. The molecule has 0 saturated carbocycles. The molecule has 6 nitrogen and oxygen atoms in total. The molecular formula is C10H8N2O4. The van der Waals surface area contributed by atoms with Gasteiger partial charge in [-0.05, 0) is 6.07 Å². The SMILES string of the molecule is COc1cc2[nH]c(=O)ccc2cc1[N+](=O)[O-]. The van der Waals surface area contributed by atoms with E-state index in [0.717, 1.165) is 0 Å². The molecule has 1 heterocycles. The summed E-state index contributed by atoms with van der Waals surface area (Å²) in [6.07, 6.45) is 0. The molecule has 0 aliphatic carbocycles. The van der Waals surface area contributed by atoms with Crippen molar-refractivity contribution in [1.29, 1.82) is 0 Å². The van der Waals surface area contributed by atoms with Crippen LogP contribution in [0.15, 0.2) is 29.1 Å². The van der Waals surface area contributed by atoms with Gasteiger partial charge in [0.25, 0.3) is 0 Å². The van der Waals surface area contributed by atoms with Gasteiger partial charge in [-0.15, -0.1) is 0 Å². The first kappa shape index (κ1) is 10.2. The smallest absolute Gasteiger partial charge is 0.311 e. The number of methoxy groups -OCH3 is 1. The van der Waals surface area contributed by atoms with Crippen molar-refractivity contribution in [2.75, 3.05) is 7.11 Å². The molecule has 0 atom stereocenters. The number of nitro groups is 1. The maximum atomic E-state index is 11.1. The van der Waals surface area contributed by atoms with Crippen LogP contribution in [0.5, 0.6) is 5.75 Å². The minimum Gasteiger partial charge on any atom is -0.490 e. The zero-order valence-corrected chi connectivity index (χ0v) is 8.39. The van der Waals surface area contributed by atoms with Gasteiger partial charge in [-0.2, -0.15) is 0 Å². The molecule has 0 unspecified atom stereocenters. The van der Waals surface area contributed by atoms with E-state index in [1.54, 1.807) is 0 Å². The van der Waals surface area contributed by atoms with E-state index in [-0.39, 0.29) is 17.0 Å². The topological polar surface area (TPSA) is 85.2 Å². The van der Waals surface area contributed by atoms with E-state index in [2.05, 4.69) is 4.98 Å². The average molecular weight is 220 g/mol. The lowest BCUT2D eigenvalue weighted by atomic mass is 10.2. The Morgan fingerprint density at radius 3 is 2.75 bits per heavy atom. The van der Waals surface area contributed by atoms with E-state index in [9.17, 15) is 14.9 Å². The molecule has 0 fully saturated rings. The fourth-order valence-electron chi connectivity index (χ4n) is 1.48. The van der Waals surface area contributed by atoms with Crippen LogP contribution in [0.2, 0.25) is 0 Å². The number of benzene rings is 1. The predicted molar refractivity (Wildman–Crippen MR) is 57.8 cm³/mol. The van der Waals surface area contributed by atoms with E-state index < -0.39 is 4.92 Å². The predicted octanol–water partition coefficient (Wildman–Crippen LogP) is 1.44. The quantitative estimate of drug-likeness (QED) is 0.613. The highest BCUT2D eigenvalue weighted by atomic mass is 16.6. The molecule has 0 bridgehead atoms. The number of nitrogens with zero attached hydrogens (tertiary/aromatic N) is 1. The van der Waals surface area contributed by atoms with Gasteiger partial charge >= 0.3 is 5.69 Å². The minimum absolute atomic E-state index is 0.123. The molecule has 16 heavy (non-hydrogen) atoms. The van der Waals surface area contributed by atoms with Gasteiger partial charge in [0.15, 0.2) is 5.75 Å². The molecule has 82 valence electrons. The lowest BCUT2D eigenvalue weighted by Crippen LogP contribution is -2.03. The molecule has 0 aliphatic rings. The maximum Gasteiger partial charge on any atom is 0.311 e. The summed E-state index contributed by atoms with van der Waals surface area (Å²) in [5.41, 5.74) is 0.125. The van der Waals surface area contributed by atoms with Crippen molar-refractivity contribution >= 4 is 16.6 Å². The molecule has 0 aliphatic heterocycles. The van der Waals surface area contributed by atoms with Gasteiger partial charge in [0.05, 0.1) is 17.5 Å². The van der Waals surface area contributed by atoms with Crippen molar-refractivity contribution < 1.29 is 9.66 Å². The summed E-state index contributed by atoms with van der Waals surface area (Å²) in [6.45, 7) is 0. The Morgan fingerprint density at radius 1 is 1.38 bits per heavy atom. The lowest BCUT2D eigenvalue weighted by molar-refractivity contribution is -0.385. The van der Waals surface area contributed by atoms with Crippen LogP contribution in [-0.2, 0) is 0 Å². The molecule has 1 N–H and O–H groups in total. The van der Waals surface area contributed by atoms with Crippen LogP contribution in [0.4, 0.5) is 5.69 Å². The Bertz CT molecular complexity index is 618. The summed E-state index contributed by atoms with van der Waals surface area (Å²) in [6, 6.07) is 5.65. The Kier molecular flexibility index (Phi) is 2.32. The van der Waals surface area contributed by atoms with E-state index in [1.165, 1.54) is 31.4 Å². The molecule has 1 aromatic heterocycles. The summed E-state index contributed by atoms with van der Waals surface area (Å²) >= 11 is 0. The Hall–Kier alpha value is -2.37. The first-order valence-corrected chi connectivity index (χ1v) is 4.47. The number of nitrogens with one attached hydrogen (secondary N) is 1. The second-order valence-electron chi connectivity index (χ2n) is 3.19. The van der Waals surface area contributed by atoms with Crippen LogP contribution in [0, 0.1) is 10.1 Å². The van der Waals surface area contributed by atoms with E-state index in [1.807, 2.05) is 0 Å². The highest BCUT2D eigenvalue weighted by Crippen LogP contribution is 2.30. The van der Waals surface area contributed by atoms with Crippen LogP contribution < -0.4 is 10.3 Å². The number of pyridine rings is 1. The fraction of sp³-hybridized carbons (Fsp3) is 0.100. The van der Waals surface area contributed by atoms with Crippen molar-refractivity contribution in [2.24, 2.45) is 0 Å². The molecule has 0 spiro atoms. The average Bonchev–Trinajstić information content (AvgIpc) is 2.26. The summed E-state index contributed by atoms with van der Waals surface area (Å²) in [5, 5.41) is 11.3. The molecule has 2 rings (SSSR count). The fourth-order valence-corrected chi connectivity index (χ4v) is 1.48. The zero-order chi connectivity index (χ0) is 11.7. The van der Waals surface area contributed by atoms with Crippen LogP contribution in [-0.4, -0.2) is 17.0 Å². The third kappa shape index (κ3) is 1.60. The Balaban J connectivity index is 2.80. The summed E-state index contributed by atoms with van der Waals surface area (Å²) in [7, 11) is 1.34. The molecule has 1 aromatic carbocycles. The van der Waals surface area contributed by atoms with Crippen molar-refractivity contribution in [3.05, 3.63) is 44.7 Å². The van der Waals surface area contributed by atoms with Gasteiger partial charge in [-0.1, -0.05) is 0 Å². The van der Waals surface area contributed by atoms with Crippen molar-refractivity contribution in [2.45, 2.75) is 0 Å². The second kappa shape index (κ2) is 3.65. The standard InChI is InChI=1S/C10H8N2O4/c1-16-9-5-7-6(2-3-10(13)11-7)4-8(9)12(14)15/h2-5H,1H3,(H,11,13). The number of rotatable bonds is 2. The number of nitro benzene ring substituents is 1. The first-order valence-electron chi connectivity index (χ1n) is 4.47. The zero-order valence-electron chi connectivity index (χ0n) is 8.39. The Labute approximate surface area is 89.6 Å². The third-order valence-electron chi connectivity index (χ3n) is 2.22. The van der Waals surface area contributed by atoms with Gasteiger partial charge < -0.3 is 9.72 Å². The summed E-state index contributed by atoms with van der Waals surface area (Å²) in [4.78, 5) is 23.9. The first-order chi connectivity index (χ1) is 7.61. The van der Waals surface area contributed by atoms with Crippen molar-refractivity contribution in [1.82, 2.24) is 4.98 Å². The number of hydrogen-bond acceptors (Lipinski definition) is 4. The summed E-state index contributed by atoms with van der Waals surface area (Å²) in [5.74, 6) is 0.124. The second-order valence-corrected chi connectivity index (χ2v) is 3.19. The van der Waals surface area contributed by atoms with Gasteiger partial charge in [-0.3, -0.25) is 14.9 Å². The summed E-state index contributed by atoms with van der Waals surface area (Å²) < 4.78 is 4.89. The van der Waals surface area contributed by atoms with Gasteiger partial charge in [0.1, 0.15) is 0 Å². The number of H-pyrrole nitrogens is 1. The van der Waals surface area contributed by atoms with Crippen molar-refractivity contribution in [3.63, 3.8) is 0 Å². The number of fused-ring (bicyclic) bond motifs is 1. The van der Waals surface area contributed by atoms with Gasteiger partial charge in [0, 0.05) is 23.6 Å². The minimum atomic E-state index is -0.524. The van der Waals surface area contributed by atoms with Gasteiger partial charge in [0.2, 0.25) is 5.56 Å². The molecule has 0 radical (unpaired) electrons. The van der Waals surface area contributed by atoms with E-state index in [0.29, 0.717) is 10.9 Å². The van der Waals surface area contributed by atoms with Crippen LogP contribution in [0.25, 0.3) is 10.9 Å². The van der Waals surface area contributed by atoms with Crippen molar-refractivity contribution in [3.8, 4) is 5.75 Å². The number of ether oxygens (including phenoxy) is 1. The van der Waals surface area contributed by atoms with E-state index in [4.69, 9.17) is 4.74 Å². The normalized spacial score (nSPS) is 10.3. The molecule has 0 amide bonds. The monoisotopic (exact) mass is 220 g/mol. The molecule has 0 saturated heterocycles. The number of aromatic amines is 1. The highest BCUT2D eigenvalue weighted by Gasteiger charge is 2.15.